The Balaban J connectivity index is 1.67. The second-order valence-corrected chi connectivity index (χ2v) is 4.55. The molecule has 0 fully saturated rings. The lowest BCUT2D eigenvalue weighted by atomic mass is 10.1. The predicted molar refractivity (Wildman–Crippen MR) is 74.5 cm³/mol. The maximum Gasteiger partial charge on any atom is 0.295 e. The van der Waals surface area contributed by atoms with E-state index < -0.39 is 0 Å². The van der Waals surface area contributed by atoms with Crippen LogP contribution in [0.25, 0.3) is 0 Å². The number of benzene rings is 1. The van der Waals surface area contributed by atoms with E-state index in [2.05, 4.69) is 21.4 Å². The molecule has 2 aromatic rings. The van der Waals surface area contributed by atoms with Gasteiger partial charge in [0.05, 0.1) is 20.0 Å². The summed E-state index contributed by atoms with van der Waals surface area (Å²) in [5.74, 6) is 1.53. The molecule has 0 aliphatic carbocycles. The SMILES string of the molecule is COc1c(NCC2Cc3ccccc3O2)nc[nH]c1=O. The number of hydrogen-bond donors (Lipinski definition) is 2. The van der Waals surface area contributed by atoms with E-state index in [1.54, 1.807) is 0 Å². The van der Waals surface area contributed by atoms with Crippen LogP contribution in [-0.2, 0) is 6.42 Å². The molecular formula is C14H15N3O3. The molecule has 1 aromatic carbocycles. The Bertz CT molecular complexity index is 644. The summed E-state index contributed by atoms with van der Waals surface area (Å²) in [5, 5.41) is 3.10. The van der Waals surface area contributed by atoms with E-state index in [1.807, 2.05) is 18.2 Å². The summed E-state index contributed by atoms with van der Waals surface area (Å²) >= 11 is 0. The molecule has 1 aliphatic heterocycles. The summed E-state index contributed by atoms with van der Waals surface area (Å²) in [4.78, 5) is 18.1. The number of fused-ring (bicyclic) bond motifs is 1. The molecule has 1 aromatic heterocycles. The van der Waals surface area contributed by atoms with Gasteiger partial charge in [0.15, 0.2) is 5.82 Å². The number of ether oxygens (including phenoxy) is 2. The Kier molecular flexibility index (Phi) is 3.28. The van der Waals surface area contributed by atoms with Gasteiger partial charge >= 0.3 is 0 Å². The van der Waals surface area contributed by atoms with Crippen molar-refractivity contribution in [1.82, 2.24) is 9.97 Å². The predicted octanol–water partition coefficient (Wildman–Crippen LogP) is 1.19. The summed E-state index contributed by atoms with van der Waals surface area (Å²) in [5.41, 5.74) is 0.894. The van der Waals surface area contributed by atoms with Gasteiger partial charge in [-0.3, -0.25) is 4.79 Å². The summed E-state index contributed by atoms with van der Waals surface area (Å²) in [7, 11) is 1.44. The molecule has 0 amide bonds. The molecule has 6 heteroatoms. The van der Waals surface area contributed by atoms with Gasteiger partial charge in [0.25, 0.3) is 5.56 Å². The molecule has 1 unspecified atom stereocenters. The number of methoxy groups -OCH3 is 1. The monoisotopic (exact) mass is 273 g/mol. The van der Waals surface area contributed by atoms with Gasteiger partial charge in [-0.2, -0.15) is 0 Å². The van der Waals surface area contributed by atoms with Crippen molar-refractivity contribution >= 4 is 5.82 Å². The van der Waals surface area contributed by atoms with Crippen LogP contribution in [0.15, 0.2) is 35.4 Å². The lowest BCUT2D eigenvalue weighted by molar-refractivity contribution is 0.246. The first-order valence-corrected chi connectivity index (χ1v) is 6.38. The quantitative estimate of drug-likeness (QED) is 0.875. The number of aromatic amines is 1. The summed E-state index contributed by atoms with van der Waals surface area (Å²) in [6.45, 7) is 0.557. The maximum absolute atomic E-state index is 11.6. The molecule has 1 aliphatic rings. The van der Waals surface area contributed by atoms with Crippen molar-refractivity contribution in [3.05, 3.63) is 46.5 Å². The molecule has 20 heavy (non-hydrogen) atoms. The Morgan fingerprint density at radius 1 is 1.50 bits per heavy atom. The van der Waals surface area contributed by atoms with Gasteiger partial charge < -0.3 is 19.8 Å². The molecule has 0 saturated heterocycles. The van der Waals surface area contributed by atoms with Crippen LogP contribution in [0.3, 0.4) is 0 Å². The first-order valence-electron chi connectivity index (χ1n) is 6.38. The highest BCUT2D eigenvalue weighted by Crippen LogP contribution is 2.28. The minimum Gasteiger partial charge on any atom is -0.489 e. The average Bonchev–Trinajstić information content (AvgIpc) is 2.88. The van der Waals surface area contributed by atoms with Crippen molar-refractivity contribution in [3.63, 3.8) is 0 Å². The number of H-pyrrole nitrogens is 1. The standard InChI is InChI=1S/C14H15N3O3/c1-19-12-13(16-8-17-14(12)18)15-7-10-6-9-4-2-3-5-11(9)20-10/h2-5,8,10H,6-7H2,1H3,(H2,15,16,17,18). The zero-order valence-corrected chi connectivity index (χ0v) is 11.1. The van der Waals surface area contributed by atoms with Gasteiger partial charge in [0, 0.05) is 6.42 Å². The number of aromatic nitrogens is 2. The van der Waals surface area contributed by atoms with Crippen LogP contribution in [0, 0.1) is 0 Å². The van der Waals surface area contributed by atoms with E-state index in [0.717, 1.165) is 12.2 Å². The van der Waals surface area contributed by atoms with Gasteiger partial charge in [0.2, 0.25) is 5.75 Å². The van der Waals surface area contributed by atoms with Crippen LogP contribution in [0.5, 0.6) is 11.5 Å². The number of para-hydroxylation sites is 1. The Hall–Kier alpha value is -2.50. The van der Waals surface area contributed by atoms with Crippen LogP contribution in [0.1, 0.15) is 5.56 Å². The van der Waals surface area contributed by atoms with E-state index in [0.29, 0.717) is 12.4 Å². The number of nitrogens with zero attached hydrogens (tertiary/aromatic N) is 1. The molecule has 0 saturated carbocycles. The van der Waals surface area contributed by atoms with Gasteiger partial charge in [-0.25, -0.2) is 4.98 Å². The highest BCUT2D eigenvalue weighted by molar-refractivity contribution is 5.48. The normalized spacial score (nSPS) is 16.4. The van der Waals surface area contributed by atoms with Gasteiger partial charge in [-0.15, -0.1) is 0 Å². The Morgan fingerprint density at radius 3 is 3.15 bits per heavy atom. The number of anilines is 1. The average molecular weight is 273 g/mol. The smallest absolute Gasteiger partial charge is 0.295 e. The molecular weight excluding hydrogens is 258 g/mol. The van der Waals surface area contributed by atoms with Crippen LogP contribution in [0.4, 0.5) is 5.82 Å². The van der Waals surface area contributed by atoms with Gasteiger partial charge in [-0.1, -0.05) is 18.2 Å². The fourth-order valence-electron chi connectivity index (χ4n) is 2.28. The number of hydrogen-bond acceptors (Lipinski definition) is 5. The minimum atomic E-state index is -0.305. The molecule has 1 atom stereocenters. The largest absolute Gasteiger partial charge is 0.489 e. The fourth-order valence-corrected chi connectivity index (χ4v) is 2.28. The maximum atomic E-state index is 11.6. The highest BCUT2D eigenvalue weighted by atomic mass is 16.5. The highest BCUT2D eigenvalue weighted by Gasteiger charge is 2.22. The lowest BCUT2D eigenvalue weighted by Crippen LogP contribution is -2.25. The lowest BCUT2D eigenvalue weighted by Gasteiger charge is -2.13. The molecule has 0 spiro atoms. The van der Waals surface area contributed by atoms with Crippen LogP contribution in [-0.4, -0.2) is 29.7 Å². The third kappa shape index (κ3) is 2.32. The fraction of sp³-hybridized carbons (Fsp3) is 0.286. The summed E-state index contributed by atoms with van der Waals surface area (Å²) < 4.78 is 10.9. The molecule has 0 radical (unpaired) electrons. The Labute approximate surface area is 115 Å². The molecule has 2 N–H and O–H groups in total. The molecule has 0 bridgehead atoms. The van der Waals surface area contributed by atoms with Crippen molar-refractivity contribution in [1.29, 1.82) is 0 Å². The van der Waals surface area contributed by atoms with Gasteiger partial charge in [-0.05, 0) is 11.6 Å². The first kappa shape index (κ1) is 12.5. The van der Waals surface area contributed by atoms with Crippen molar-refractivity contribution in [2.75, 3.05) is 19.0 Å². The third-order valence-electron chi connectivity index (χ3n) is 3.23. The van der Waals surface area contributed by atoms with E-state index in [9.17, 15) is 4.79 Å². The van der Waals surface area contributed by atoms with Crippen molar-refractivity contribution < 1.29 is 9.47 Å². The van der Waals surface area contributed by atoms with Crippen LogP contribution in [0.2, 0.25) is 0 Å². The van der Waals surface area contributed by atoms with E-state index in [4.69, 9.17) is 9.47 Å². The second-order valence-electron chi connectivity index (χ2n) is 4.55. The minimum absolute atomic E-state index is 0.0261. The third-order valence-corrected chi connectivity index (χ3v) is 3.23. The molecule has 104 valence electrons. The number of nitrogens with one attached hydrogen (secondary N) is 2. The first-order chi connectivity index (χ1) is 9.78. The zero-order valence-electron chi connectivity index (χ0n) is 11.1. The summed E-state index contributed by atoms with van der Waals surface area (Å²) in [6, 6.07) is 7.97. The van der Waals surface area contributed by atoms with E-state index in [1.165, 1.54) is 19.0 Å². The second kappa shape index (κ2) is 5.24. The zero-order chi connectivity index (χ0) is 13.9. The summed E-state index contributed by atoms with van der Waals surface area (Å²) in [6.07, 6.45) is 2.21. The van der Waals surface area contributed by atoms with Crippen molar-refractivity contribution in [2.24, 2.45) is 0 Å². The topological polar surface area (TPSA) is 76.2 Å². The van der Waals surface area contributed by atoms with E-state index >= 15 is 0 Å². The Morgan fingerprint density at radius 2 is 2.35 bits per heavy atom. The van der Waals surface area contributed by atoms with Crippen LogP contribution < -0.4 is 20.3 Å². The molecule has 6 nitrogen and oxygen atoms in total. The van der Waals surface area contributed by atoms with Gasteiger partial charge in [0.1, 0.15) is 11.9 Å². The van der Waals surface area contributed by atoms with Crippen molar-refractivity contribution in [2.45, 2.75) is 12.5 Å². The molecule has 2 heterocycles. The van der Waals surface area contributed by atoms with E-state index in [-0.39, 0.29) is 17.4 Å². The number of rotatable bonds is 4. The van der Waals surface area contributed by atoms with Crippen LogP contribution >= 0.6 is 0 Å². The van der Waals surface area contributed by atoms with Crippen molar-refractivity contribution in [3.8, 4) is 11.5 Å². The molecule has 3 rings (SSSR count).